The first-order valence-electron chi connectivity index (χ1n) is 7.04. The number of morpholine rings is 1. The summed E-state index contributed by atoms with van der Waals surface area (Å²) < 4.78 is 19.8. The van der Waals surface area contributed by atoms with Gasteiger partial charge in [0.15, 0.2) is 6.10 Å². The van der Waals surface area contributed by atoms with Gasteiger partial charge in [-0.25, -0.2) is 4.39 Å². The van der Waals surface area contributed by atoms with Crippen molar-refractivity contribution in [2.45, 2.75) is 18.6 Å². The molecule has 2 atom stereocenters. The lowest BCUT2D eigenvalue weighted by Gasteiger charge is -2.38. The molecule has 1 fully saturated rings. The predicted molar refractivity (Wildman–Crippen MR) is 88.7 cm³/mol. The van der Waals surface area contributed by atoms with Crippen molar-refractivity contribution in [1.82, 2.24) is 5.32 Å². The third kappa shape index (κ3) is 3.30. The van der Waals surface area contributed by atoms with E-state index in [2.05, 4.69) is 5.32 Å². The molecule has 0 spiro atoms. The molecule has 1 heterocycles. The van der Waals surface area contributed by atoms with Gasteiger partial charge in [-0.05, 0) is 30.7 Å². The molecule has 23 heavy (non-hydrogen) atoms. The van der Waals surface area contributed by atoms with E-state index in [1.54, 1.807) is 6.92 Å². The lowest BCUT2D eigenvalue weighted by molar-refractivity contribution is -0.146. The van der Waals surface area contributed by atoms with E-state index in [4.69, 9.17) is 10.5 Å². The van der Waals surface area contributed by atoms with Crippen LogP contribution in [-0.4, -0.2) is 12.5 Å². The number of carbonyl (C=O) groups is 1. The van der Waals surface area contributed by atoms with Crippen LogP contribution in [0.3, 0.4) is 0 Å². The van der Waals surface area contributed by atoms with Crippen LogP contribution in [-0.2, 0) is 15.1 Å². The second-order valence-corrected chi connectivity index (χ2v) is 5.66. The van der Waals surface area contributed by atoms with Gasteiger partial charge in [-0.3, -0.25) is 4.79 Å². The van der Waals surface area contributed by atoms with Gasteiger partial charge in [-0.1, -0.05) is 30.3 Å². The molecule has 0 aromatic heterocycles. The van der Waals surface area contributed by atoms with E-state index in [-0.39, 0.29) is 24.9 Å². The fourth-order valence-corrected chi connectivity index (χ4v) is 2.69. The molecule has 0 radical (unpaired) electrons. The molecule has 3 rings (SSSR count). The quantitative estimate of drug-likeness (QED) is 0.829. The second kappa shape index (κ2) is 6.56. The van der Waals surface area contributed by atoms with Gasteiger partial charge in [0.25, 0.3) is 5.91 Å². The smallest absolute Gasteiger partial charge is 0.254 e. The second-order valence-electron chi connectivity index (χ2n) is 5.66. The zero-order chi connectivity index (χ0) is 15.7. The van der Waals surface area contributed by atoms with Crippen LogP contribution >= 0.6 is 12.4 Å². The number of hydrogen-bond acceptors (Lipinski definition) is 3. The van der Waals surface area contributed by atoms with Crippen molar-refractivity contribution < 1.29 is 13.9 Å². The number of nitrogen functional groups attached to an aromatic ring is 1. The molecule has 4 nitrogen and oxygen atoms in total. The topological polar surface area (TPSA) is 64.3 Å². The molecule has 0 bridgehead atoms. The van der Waals surface area contributed by atoms with Crippen molar-refractivity contribution in [3.05, 3.63) is 65.5 Å². The molecule has 1 aliphatic rings. The van der Waals surface area contributed by atoms with Gasteiger partial charge in [-0.2, -0.15) is 0 Å². The van der Waals surface area contributed by atoms with E-state index in [0.29, 0.717) is 11.3 Å². The largest absolute Gasteiger partial charge is 0.399 e. The maximum absolute atomic E-state index is 14.1. The Morgan fingerprint density at radius 3 is 2.61 bits per heavy atom. The molecule has 1 saturated heterocycles. The standard InChI is InChI=1S/C17H17FN2O2.ClH/c1-17(13-9-12(19)7-8-14(13)18)10-22-15(16(21)20-17)11-5-3-2-4-6-11;/h2-9,15H,10,19H2,1H3,(H,20,21);1H/t15-,17-;/m0./s1. The molecule has 0 aliphatic carbocycles. The van der Waals surface area contributed by atoms with Crippen molar-refractivity contribution in [2.24, 2.45) is 0 Å². The Hall–Kier alpha value is -2.11. The summed E-state index contributed by atoms with van der Waals surface area (Å²) in [6, 6.07) is 13.5. The number of nitrogens with one attached hydrogen (secondary N) is 1. The molecular formula is C17H18ClFN2O2. The summed E-state index contributed by atoms with van der Waals surface area (Å²) in [7, 11) is 0. The van der Waals surface area contributed by atoms with Crippen LogP contribution < -0.4 is 11.1 Å². The van der Waals surface area contributed by atoms with Crippen LogP contribution in [0, 0.1) is 5.82 Å². The summed E-state index contributed by atoms with van der Waals surface area (Å²) >= 11 is 0. The highest BCUT2D eigenvalue weighted by molar-refractivity contribution is 5.85. The Bertz CT molecular complexity index is 711. The van der Waals surface area contributed by atoms with Gasteiger partial charge in [0.2, 0.25) is 0 Å². The zero-order valence-corrected chi connectivity index (χ0v) is 13.4. The highest BCUT2D eigenvalue weighted by Crippen LogP contribution is 2.32. The molecule has 0 unspecified atom stereocenters. The van der Waals surface area contributed by atoms with Crippen LogP contribution in [0.2, 0.25) is 0 Å². The molecule has 1 aliphatic heterocycles. The van der Waals surface area contributed by atoms with E-state index < -0.39 is 17.5 Å². The zero-order valence-electron chi connectivity index (χ0n) is 12.6. The molecule has 2 aromatic rings. The first-order chi connectivity index (χ1) is 10.5. The predicted octanol–water partition coefficient (Wildman–Crippen LogP) is 2.93. The van der Waals surface area contributed by atoms with Gasteiger partial charge >= 0.3 is 0 Å². The molecule has 0 saturated carbocycles. The number of carbonyl (C=O) groups excluding carboxylic acids is 1. The molecular weight excluding hydrogens is 319 g/mol. The van der Waals surface area contributed by atoms with Gasteiger partial charge in [0.05, 0.1) is 12.1 Å². The van der Waals surface area contributed by atoms with Crippen molar-refractivity contribution in [2.75, 3.05) is 12.3 Å². The van der Waals surface area contributed by atoms with Crippen LogP contribution in [0.5, 0.6) is 0 Å². The SMILES string of the molecule is C[C@@]1(c2cc(N)ccc2F)CO[C@@H](c2ccccc2)C(=O)N1.Cl. The number of hydrogen-bond donors (Lipinski definition) is 2. The first kappa shape index (κ1) is 17.2. The summed E-state index contributed by atoms with van der Waals surface area (Å²) in [5, 5.41) is 2.87. The third-order valence-corrected chi connectivity index (χ3v) is 3.86. The number of amides is 1. The average molecular weight is 337 g/mol. The minimum absolute atomic E-state index is 0. The Labute approximate surface area is 140 Å². The van der Waals surface area contributed by atoms with Crippen molar-refractivity contribution in [3.63, 3.8) is 0 Å². The number of anilines is 1. The molecule has 3 N–H and O–H groups in total. The lowest BCUT2D eigenvalue weighted by atomic mass is 9.89. The Kier molecular flexibility index (Phi) is 4.92. The maximum atomic E-state index is 14.1. The lowest BCUT2D eigenvalue weighted by Crippen LogP contribution is -2.54. The van der Waals surface area contributed by atoms with Gasteiger partial charge in [-0.15, -0.1) is 12.4 Å². The van der Waals surface area contributed by atoms with Crippen LogP contribution in [0.15, 0.2) is 48.5 Å². The normalized spacial score (nSPS) is 23.7. The summed E-state index contributed by atoms with van der Waals surface area (Å²) in [5.41, 5.74) is 6.32. The Morgan fingerprint density at radius 2 is 1.96 bits per heavy atom. The van der Waals surface area contributed by atoms with E-state index in [0.717, 1.165) is 5.56 Å². The molecule has 1 amide bonds. The Balaban J connectivity index is 0.00000192. The van der Waals surface area contributed by atoms with Gasteiger partial charge < -0.3 is 15.8 Å². The maximum Gasteiger partial charge on any atom is 0.254 e. The summed E-state index contributed by atoms with van der Waals surface area (Å²) in [6.07, 6.45) is -0.682. The summed E-state index contributed by atoms with van der Waals surface area (Å²) in [5.74, 6) is -0.708. The van der Waals surface area contributed by atoms with Gasteiger partial charge in [0.1, 0.15) is 5.82 Å². The number of halogens is 2. The van der Waals surface area contributed by atoms with Crippen LogP contribution in [0.4, 0.5) is 10.1 Å². The van der Waals surface area contributed by atoms with Gasteiger partial charge in [0, 0.05) is 11.3 Å². The fourth-order valence-electron chi connectivity index (χ4n) is 2.69. The highest BCUT2D eigenvalue weighted by Gasteiger charge is 2.40. The molecule has 6 heteroatoms. The van der Waals surface area contributed by atoms with Crippen molar-refractivity contribution >= 4 is 24.0 Å². The average Bonchev–Trinajstić information content (AvgIpc) is 2.50. The molecule has 2 aromatic carbocycles. The van der Waals surface area contributed by atoms with E-state index in [1.807, 2.05) is 30.3 Å². The minimum atomic E-state index is -0.943. The number of nitrogens with two attached hydrogens (primary N) is 1. The van der Waals surface area contributed by atoms with E-state index in [9.17, 15) is 9.18 Å². The highest BCUT2D eigenvalue weighted by atomic mass is 35.5. The first-order valence-corrected chi connectivity index (χ1v) is 7.04. The fraction of sp³-hybridized carbons (Fsp3) is 0.235. The van der Waals surface area contributed by atoms with Crippen molar-refractivity contribution in [3.8, 4) is 0 Å². The third-order valence-electron chi connectivity index (χ3n) is 3.86. The van der Waals surface area contributed by atoms with Crippen molar-refractivity contribution in [1.29, 1.82) is 0 Å². The molecule has 122 valence electrons. The van der Waals surface area contributed by atoms with E-state index >= 15 is 0 Å². The van der Waals surface area contributed by atoms with Crippen LogP contribution in [0.25, 0.3) is 0 Å². The number of benzene rings is 2. The number of ether oxygens (including phenoxy) is 1. The number of rotatable bonds is 2. The van der Waals surface area contributed by atoms with E-state index in [1.165, 1.54) is 18.2 Å². The monoisotopic (exact) mass is 336 g/mol. The summed E-state index contributed by atoms with van der Waals surface area (Å²) in [6.45, 7) is 1.89. The minimum Gasteiger partial charge on any atom is -0.399 e. The summed E-state index contributed by atoms with van der Waals surface area (Å²) in [4.78, 5) is 12.4. The van der Waals surface area contributed by atoms with Crippen LogP contribution in [0.1, 0.15) is 24.2 Å². The Morgan fingerprint density at radius 1 is 1.26 bits per heavy atom.